The van der Waals surface area contributed by atoms with E-state index < -0.39 is 0 Å². The van der Waals surface area contributed by atoms with Crippen LogP contribution in [-0.4, -0.2) is 12.8 Å². The minimum atomic E-state index is 0.540. The lowest BCUT2D eigenvalue weighted by molar-refractivity contribution is 0.718. The van der Waals surface area contributed by atoms with Gasteiger partial charge in [-0.3, -0.25) is 0 Å². The maximum absolute atomic E-state index is 4.19. The molecule has 0 amide bonds. The number of nitrogens with zero attached hydrogens (tertiary/aromatic N) is 1. The number of hydrazone groups is 1. The average molecular weight is 182 g/mol. The molecule has 1 unspecified atom stereocenters. The Bertz CT molecular complexity index is 192. The van der Waals surface area contributed by atoms with Crippen molar-refractivity contribution in [2.75, 3.05) is 7.05 Å². The Morgan fingerprint density at radius 1 is 1.54 bits per heavy atom. The molecule has 1 atom stereocenters. The molecule has 13 heavy (non-hydrogen) atoms. The van der Waals surface area contributed by atoms with E-state index in [2.05, 4.69) is 44.3 Å². The molecule has 0 radical (unpaired) electrons. The second kappa shape index (κ2) is 6.70. The molecule has 0 aromatic rings. The molecule has 2 nitrogen and oxygen atoms in total. The van der Waals surface area contributed by atoms with E-state index in [9.17, 15) is 0 Å². The van der Waals surface area contributed by atoms with Gasteiger partial charge in [0.2, 0.25) is 0 Å². The van der Waals surface area contributed by atoms with Crippen molar-refractivity contribution in [1.82, 2.24) is 5.43 Å². The highest BCUT2D eigenvalue weighted by Crippen LogP contribution is 2.15. The van der Waals surface area contributed by atoms with Gasteiger partial charge >= 0.3 is 0 Å². The topological polar surface area (TPSA) is 24.4 Å². The molecule has 0 fully saturated rings. The van der Waals surface area contributed by atoms with Crippen LogP contribution in [0.25, 0.3) is 0 Å². The van der Waals surface area contributed by atoms with E-state index in [0.29, 0.717) is 5.92 Å². The summed E-state index contributed by atoms with van der Waals surface area (Å²) in [6.45, 7) is 8.60. The summed E-state index contributed by atoms with van der Waals surface area (Å²) in [4.78, 5) is 0. The van der Waals surface area contributed by atoms with E-state index in [0.717, 1.165) is 12.8 Å². The SMILES string of the molecule is C/C=C(\CC)CC(C)/C(C)=N\NC. The van der Waals surface area contributed by atoms with Crippen LogP contribution < -0.4 is 5.43 Å². The van der Waals surface area contributed by atoms with Crippen molar-refractivity contribution in [2.24, 2.45) is 11.0 Å². The van der Waals surface area contributed by atoms with Crippen LogP contribution in [0, 0.1) is 5.92 Å². The van der Waals surface area contributed by atoms with Gasteiger partial charge in [-0.1, -0.05) is 25.5 Å². The van der Waals surface area contributed by atoms with E-state index in [1.54, 1.807) is 0 Å². The summed E-state index contributed by atoms with van der Waals surface area (Å²) in [7, 11) is 1.84. The normalized spacial score (nSPS) is 15.8. The highest BCUT2D eigenvalue weighted by molar-refractivity contribution is 5.84. The van der Waals surface area contributed by atoms with Crippen molar-refractivity contribution in [2.45, 2.75) is 40.5 Å². The van der Waals surface area contributed by atoms with Crippen molar-refractivity contribution in [3.8, 4) is 0 Å². The van der Waals surface area contributed by atoms with Crippen molar-refractivity contribution in [3.63, 3.8) is 0 Å². The first-order chi connectivity index (χ1) is 6.15. The van der Waals surface area contributed by atoms with Gasteiger partial charge in [-0.15, -0.1) is 0 Å². The van der Waals surface area contributed by atoms with Gasteiger partial charge in [0.25, 0.3) is 0 Å². The minimum Gasteiger partial charge on any atom is -0.313 e. The molecule has 0 rings (SSSR count). The Morgan fingerprint density at radius 2 is 2.15 bits per heavy atom. The number of rotatable bonds is 5. The number of nitrogens with one attached hydrogen (secondary N) is 1. The minimum absolute atomic E-state index is 0.540. The molecule has 0 saturated heterocycles. The third kappa shape index (κ3) is 4.71. The van der Waals surface area contributed by atoms with Crippen LogP contribution in [-0.2, 0) is 0 Å². The Kier molecular flexibility index (Phi) is 6.29. The van der Waals surface area contributed by atoms with Gasteiger partial charge in [-0.2, -0.15) is 5.10 Å². The second-order valence-electron chi connectivity index (χ2n) is 3.38. The zero-order valence-electron chi connectivity index (χ0n) is 9.52. The van der Waals surface area contributed by atoms with Crippen molar-refractivity contribution >= 4 is 5.71 Å². The molecule has 0 heterocycles. The Hall–Kier alpha value is -0.790. The van der Waals surface area contributed by atoms with Gasteiger partial charge in [-0.05, 0) is 32.6 Å². The van der Waals surface area contributed by atoms with Gasteiger partial charge in [0.15, 0.2) is 0 Å². The van der Waals surface area contributed by atoms with Crippen LogP contribution in [0.3, 0.4) is 0 Å². The van der Waals surface area contributed by atoms with Gasteiger partial charge in [0, 0.05) is 12.8 Å². The second-order valence-corrected chi connectivity index (χ2v) is 3.38. The third-order valence-electron chi connectivity index (χ3n) is 2.43. The van der Waals surface area contributed by atoms with Gasteiger partial charge in [0.05, 0.1) is 0 Å². The summed E-state index contributed by atoms with van der Waals surface area (Å²) < 4.78 is 0. The van der Waals surface area contributed by atoms with Crippen molar-refractivity contribution < 1.29 is 0 Å². The number of hydrogen-bond donors (Lipinski definition) is 1. The first-order valence-electron chi connectivity index (χ1n) is 5.00. The summed E-state index contributed by atoms with van der Waals surface area (Å²) >= 11 is 0. The molecule has 2 heteroatoms. The zero-order chi connectivity index (χ0) is 10.3. The molecule has 76 valence electrons. The van der Waals surface area contributed by atoms with E-state index in [1.807, 2.05) is 7.05 Å². The lowest BCUT2D eigenvalue weighted by Gasteiger charge is -2.12. The molecular formula is C11H22N2. The lowest BCUT2D eigenvalue weighted by atomic mass is 9.96. The fourth-order valence-electron chi connectivity index (χ4n) is 1.29. The highest BCUT2D eigenvalue weighted by Gasteiger charge is 2.07. The number of hydrogen-bond acceptors (Lipinski definition) is 2. The van der Waals surface area contributed by atoms with Crippen LogP contribution in [0.1, 0.15) is 40.5 Å². The van der Waals surface area contributed by atoms with E-state index in [1.165, 1.54) is 11.3 Å². The predicted octanol–water partition coefficient (Wildman–Crippen LogP) is 2.96. The largest absolute Gasteiger partial charge is 0.313 e. The lowest BCUT2D eigenvalue weighted by Crippen LogP contribution is -2.11. The van der Waals surface area contributed by atoms with E-state index >= 15 is 0 Å². The van der Waals surface area contributed by atoms with Crippen LogP contribution >= 0.6 is 0 Å². The van der Waals surface area contributed by atoms with E-state index in [4.69, 9.17) is 0 Å². The quantitative estimate of drug-likeness (QED) is 0.394. The summed E-state index contributed by atoms with van der Waals surface area (Å²) in [6, 6.07) is 0. The predicted molar refractivity (Wildman–Crippen MR) is 60.0 cm³/mol. The third-order valence-corrected chi connectivity index (χ3v) is 2.43. The van der Waals surface area contributed by atoms with Crippen molar-refractivity contribution in [3.05, 3.63) is 11.6 Å². The first kappa shape index (κ1) is 12.2. The maximum atomic E-state index is 4.19. The summed E-state index contributed by atoms with van der Waals surface area (Å²) in [5.74, 6) is 0.540. The average Bonchev–Trinajstić information content (AvgIpc) is 2.14. The molecule has 0 bridgehead atoms. The summed E-state index contributed by atoms with van der Waals surface area (Å²) in [6.07, 6.45) is 4.49. The fourth-order valence-corrected chi connectivity index (χ4v) is 1.29. The van der Waals surface area contributed by atoms with Gasteiger partial charge < -0.3 is 5.43 Å². The molecule has 0 aliphatic heterocycles. The standard InChI is InChI=1S/C11H22N2/c1-6-11(7-2)8-9(3)10(4)13-12-5/h6,9,12H,7-8H2,1-5H3/b11-6+,13-10-. The molecule has 0 aromatic carbocycles. The molecule has 0 aliphatic rings. The Labute approximate surface area is 82.1 Å². The molecule has 0 spiro atoms. The highest BCUT2D eigenvalue weighted by atomic mass is 15.3. The van der Waals surface area contributed by atoms with Crippen LogP contribution in [0.2, 0.25) is 0 Å². The number of allylic oxidation sites excluding steroid dienone is 2. The molecule has 1 N–H and O–H groups in total. The maximum Gasteiger partial charge on any atom is 0.0378 e. The van der Waals surface area contributed by atoms with Crippen LogP contribution in [0.15, 0.2) is 16.8 Å². The smallest absolute Gasteiger partial charge is 0.0378 e. The van der Waals surface area contributed by atoms with Crippen LogP contribution in [0.5, 0.6) is 0 Å². The first-order valence-corrected chi connectivity index (χ1v) is 5.00. The molecule has 0 aromatic heterocycles. The Balaban J connectivity index is 4.13. The summed E-state index contributed by atoms with van der Waals surface area (Å²) in [5.41, 5.74) is 5.51. The molecule has 0 saturated carbocycles. The van der Waals surface area contributed by atoms with E-state index in [-0.39, 0.29) is 0 Å². The monoisotopic (exact) mass is 182 g/mol. The fraction of sp³-hybridized carbons (Fsp3) is 0.727. The van der Waals surface area contributed by atoms with Crippen molar-refractivity contribution in [1.29, 1.82) is 0 Å². The molecular weight excluding hydrogens is 160 g/mol. The summed E-state index contributed by atoms with van der Waals surface area (Å²) in [5, 5.41) is 4.19. The van der Waals surface area contributed by atoms with Gasteiger partial charge in [-0.25, -0.2) is 0 Å². The zero-order valence-corrected chi connectivity index (χ0v) is 9.52. The Morgan fingerprint density at radius 3 is 2.54 bits per heavy atom. The van der Waals surface area contributed by atoms with Crippen LogP contribution in [0.4, 0.5) is 0 Å². The van der Waals surface area contributed by atoms with Gasteiger partial charge in [0.1, 0.15) is 0 Å². The molecule has 0 aliphatic carbocycles.